The van der Waals surface area contributed by atoms with E-state index in [0.717, 1.165) is 0 Å². The van der Waals surface area contributed by atoms with Crippen LogP contribution in [0.3, 0.4) is 0 Å². The van der Waals surface area contributed by atoms with Crippen LogP contribution in [0.15, 0.2) is 12.7 Å². The molecule has 0 saturated carbocycles. The van der Waals surface area contributed by atoms with Crippen molar-refractivity contribution in [1.29, 1.82) is 0 Å². The van der Waals surface area contributed by atoms with E-state index < -0.39 is 7.82 Å². The van der Waals surface area contributed by atoms with Gasteiger partial charge in [-0.3, -0.25) is 13.6 Å². The maximum absolute atomic E-state index is 11.9. The van der Waals surface area contributed by atoms with E-state index >= 15 is 0 Å². The van der Waals surface area contributed by atoms with Crippen LogP contribution in [-0.2, 0) is 18.1 Å². The van der Waals surface area contributed by atoms with Crippen molar-refractivity contribution in [3.63, 3.8) is 0 Å². The fourth-order valence-corrected chi connectivity index (χ4v) is 2.24. The van der Waals surface area contributed by atoms with Crippen LogP contribution in [-0.4, -0.2) is 18.8 Å². The lowest BCUT2D eigenvalue weighted by Crippen LogP contribution is -2.10. The topological polar surface area (TPSA) is 44.8 Å². The van der Waals surface area contributed by atoms with E-state index in [1.165, 1.54) is 6.08 Å². The van der Waals surface area contributed by atoms with Gasteiger partial charge in [0.2, 0.25) is 0 Å². The van der Waals surface area contributed by atoms with Crippen molar-refractivity contribution in [3.05, 3.63) is 12.7 Å². The lowest BCUT2D eigenvalue weighted by Gasteiger charge is -2.21. The van der Waals surface area contributed by atoms with Gasteiger partial charge < -0.3 is 0 Å². The third-order valence-corrected chi connectivity index (χ3v) is 2.86. The van der Waals surface area contributed by atoms with Gasteiger partial charge in [-0.05, 0) is 27.7 Å². The summed E-state index contributed by atoms with van der Waals surface area (Å²) in [6.45, 7) is 10.7. The first-order valence-corrected chi connectivity index (χ1v) is 6.08. The van der Waals surface area contributed by atoms with E-state index in [2.05, 4.69) is 6.58 Å². The minimum absolute atomic E-state index is 0.150. The molecule has 0 amide bonds. The molecule has 0 radical (unpaired) electrons. The summed E-state index contributed by atoms with van der Waals surface area (Å²) in [6, 6.07) is 0. The van der Waals surface area contributed by atoms with Gasteiger partial charge in [0.15, 0.2) is 0 Å². The summed E-state index contributed by atoms with van der Waals surface area (Å²) in [5.74, 6) is 0. The molecule has 0 fully saturated rings. The standard InChI is InChI=1S/C9H19O4P/c1-6-7-11-14(10,12-8(2)3)13-9(4)5/h6,8-9H,1,7H2,2-5H3. The van der Waals surface area contributed by atoms with E-state index in [9.17, 15) is 4.57 Å². The Morgan fingerprint density at radius 2 is 1.64 bits per heavy atom. The van der Waals surface area contributed by atoms with Crippen LogP contribution in [0.25, 0.3) is 0 Å². The Labute approximate surface area is 85.9 Å². The van der Waals surface area contributed by atoms with E-state index in [4.69, 9.17) is 13.6 Å². The SMILES string of the molecule is C=CCOP(=O)(OC(C)C)OC(C)C. The first kappa shape index (κ1) is 13.8. The van der Waals surface area contributed by atoms with E-state index in [-0.39, 0.29) is 18.8 Å². The molecule has 0 rings (SSSR count). The Bertz CT molecular complexity index is 199. The zero-order valence-corrected chi connectivity index (χ0v) is 10.1. The van der Waals surface area contributed by atoms with Crippen molar-refractivity contribution < 1.29 is 18.1 Å². The number of rotatable bonds is 7. The van der Waals surface area contributed by atoms with Crippen molar-refractivity contribution in [2.24, 2.45) is 0 Å². The second-order valence-electron chi connectivity index (χ2n) is 3.34. The van der Waals surface area contributed by atoms with Crippen molar-refractivity contribution in [3.8, 4) is 0 Å². The Morgan fingerprint density at radius 1 is 1.21 bits per heavy atom. The normalized spacial score (nSPS) is 12.4. The Morgan fingerprint density at radius 3 is 1.93 bits per heavy atom. The summed E-state index contributed by atoms with van der Waals surface area (Å²) in [5.41, 5.74) is 0. The Hall–Kier alpha value is -0.150. The third-order valence-electron chi connectivity index (χ3n) is 1.03. The summed E-state index contributed by atoms with van der Waals surface area (Å²) in [7, 11) is -3.42. The zero-order valence-electron chi connectivity index (χ0n) is 9.23. The van der Waals surface area contributed by atoms with Crippen LogP contribution in [0.2, 0.25) is 0 Å². The van der Waals surface area contributed by atoms with Crippen LogP contribution in [0, 0.1) is 0 Å². The first-order valence-electron chi connectivity index (χ1n) is 4.62. The predicted molar refractivity (Wildman–Crippen MR) is 56.2 cm³/mol. The van der Waals surface area contributed by atoms with E-state index in [1.807, 2.05) is 0 Å². The predicted octanol–water partition coefficient (Wildman–Crippen LogP) is 3.15. The molecule has 4 nitrogen and oxygen atoms in total. The van der Waals surface area contributed by atoms with Gasteiger partial charge >= 0.3 is 7.82 Å². The minimum Gasteiger partial charge on any atom is -0.284 e. The van der Waals surface area contributed by atoms with Crippen molar-refractivity contribution in [1.82, 2.24) is 0 Å². The molecule has 0 unspecified atom stereocenters. The zero-order chi connectivity index (χ0) is 11.2. The van der Waals surface area contributed by atoms with Crippen molar-refractivity contribution in [2.75, 3.05) is 6.61 Å². The van der Waals surface area contributed by atoms with Gasteiger partial charge in [-0.25, -0.2) is 4.57 Å². The maximum atomic E-state index is 11.9. The average molecular weight is 222 g/mol. The van der Waals surface area contributed by atoms with Gasteiger partial charge in [0.25, 0.3) is 0 Å². The molecule has 0 saturated heterocycles. The average Bonchev–Trinajstić information content (AvgIpc) is 1.97. The number of phosphoric acid groups is 1. The monoisotopic (exact) mass is 222 g/mol. The van der Waals surface area contributed by atoms with E-state index in [1.54, 1.807) is 27.7 Å². The van der Waals surface area contributed by atoms with Gasteiger partial charge in [0, 0.05) is 0 Å². The van der Waals surface area contributed by atoms with Crippen LogP contribution < -0.4 is 0 Å². The number of phosphoric ester groups is 1. The molecule has 84 valence electrons. The molecular formula is C9H19O4P. The molecule has 5 heteroatoms. The first-order chi connectivity index (χ1) is 6.39. The summed E-state index contributed by atoms with van der Waals surface area (Å²) >= 11 is 0. The minimum atomic E-state index is -3.42. The maximum Gasteiger partial charge on any atom is 0.475 e. The molecular weight excluding hydrogens is 203 g/mol. The molecule has 0 atom stereocenters. The molecule has 0 bridgehead atoms. The fraction of sp³-hybridized carbons (Fsp3) is 0.778. The summed E-state index contributed by atoms with van der Waals surface area (Å²) in [5, 5.41) is 0. The van der Waals surface area contributed by atoms with Gasteiger partial charge in [0.05, 0.1) is 18.8 Å². The highest BCUT2D eigenvalue weighted by molar-refractivity contribution is 7.48. The molecule has 0 aliphatic rings. The van der Waals surface area contributed by atoms with Crippen LogP contribution in [0.1, 0.15) is 27.7 Å². The van der Waals surface area contributed by atoms with Crippen molar-refractivity contribution in [2.45, 2.75) is 39.9 Å². The molecule has 0 aromatic heterocycles. The molecule has 0 aliphatic carbocycles. The summed E-state index contributed by atoms with van der Waals surface area (Å²) in [6.07, 6.45) is 1.09. The van der Waals surface area contributed by atoms with Crippen molar-refractivity contribution >= 4 is 7.82 Å². The van der Waals surface area contributed by atoms with Gasteiger partial charge in [-0.1, -0.05) is 6.08 Å². The Kier molecular flexibility index (Phi) is 6.29. The highest BCUT2D eigenvalue weighted by Gasteiger charge is 2.28. The lowest BCUT2D eigenvalue weighted by molar-refractivity contribution is 0.0782. The van der Waals surface area contributed by atoms with Gasteiger partial charge in [-0.2, -0.15) is 0 Å². The largest absolute Gasteiger partial charge is 0.475 e. The summed E-state index contributed by atoms with van der Waals surface area (Å²) in [4.78, 5) is 0. The highest BCUT2D eigenvalue weighted by atomic mass is 31.2. The summed E-state index contributed by atoms with van der Waals surface area (Å²) < 4.78 is 27.1. The van der Waals surface area contributed by atoms with E-state index in [0.29, 0.717) is 0 Å². The molecule has 0 spiro atoms. The highest BCUT2D eigenvalue weighted by Crippen LogP contribution is 2.51. The molecule has 14 heavy (non-hydrogen) atoms. The van der Waals surface area contributed by atoms with Gasteiger partial charge in [0.1, 0.15) is 0 Å². The van der Waals surface area contributed by atoms with Gasteiger partial charge in [-0.15, -0.1) is 6.58 Å². The second-order valence-corrected chi connectivity index (χ2v) is 4.91. The third kappa shape index (κ3) is 6.33. The van der Waals surface area contributed by atoms with Crippen LogP contribution in [0.4, 0.5) is 0 Å². The van der Waals surface area contributed by atoms with Crippen LogP contribution >= 0.6 is 7.82 Å². The molecule has 0 aliphatic heterocycles. The molecule has 0 N–H and O–H groups in total. The number of hydrogen-bond acceptors (Lipinski definition) is 4. The molecule has 0 heterocycles. The van der Waals surface area contributed by atoms with Crippen LogP contribution in [0.5, 0.6) is 0 Å². The molecule has 0 aromatic rings. The quantitative estimate of drug-likeness (QED) is 0.490. The fourth-order valence-electron chi connectivity index (χ4n) is 0.746. The Balaban J connectivity index is 4.32. The number of hydrogen-bond donors (Lipinski definition) is 0. The molecule has 0 aromatic carbocycles. The smallest absolute Gasteiger partial charge is 0.284 e. The second kappa shape index (κ2) is 6.36. The lowest BCUT2D eigenvalue weighted by atomic mass is 10.5.